The van der Waals surface area contributed by atoms with E-state index in [1.807, 2.05) is 24.3 Å². The molecule has 22 heavy (non-hydrogen) atoms. The summed E-state index contributed by atoms with van der Waals surface area (Å²) < 4.78 is 5.18. The van der Waals surface area contributed by atoms with Gasteiger partial charge >= 0.3 is 0 Å². The van der Waals surface area contributed by atoms with Crippen molar-refractivity contribution in [2.75, 3.05) is 12.4 Å². The number of rotatable bonds is 4. The fourth-order valence-electron chi connectivity index (χ4n) is 1.91. The molecule has 1 heterocycles. The summed E-state index contributed by atoms with van der Waals surface area (Å²) in [6.45, 7) is 4.56. The molecular weight excluding hydrogens is 391 g/mol. The lowest BCUT2D eigenvalue weighted by Crippen LogP contribution is -2.22. The molecule has 3 N–H and O–H groups in total. The number of hydrogen-bond acceptors (Lipinski definition) is 3. The Balaban J connectivity index is 0.00000242. The van der Waals surface area contributed by atoms with E-state index in [0.717, 1.165) is 11.3 Å². The zero-order chi connectivity index (χ0) is 15.2. The number of aryl methyl sites for hydroxylation is 2. The third kappa shape index (κ3) is 4.87. The maximum atomic E-state index is 5.91. The summed E-state index contributed by atoms with van der Waals surface area (Å²) in [5, 5.41) is 3.08. The molecule has 6 heteroatoms. The monoisotopic (exact) mass is 412 g/mol. The fraction of sp³-hybridized carbons (Fsp3) is 0.250. The summed E-state index contributed by atoms with van der Waals surface area (Å²) in [5.41, 5.74) is 10.2. The van der Waals surface area contributed by atoms with Crippen molar-refractivity contribution in [3.63, 3.8) is 0 Å². The Morgan fingerprint density at radius 3 is 2.73 bits per heavy atom. The molecule has 0 saturated heterocycles. The minimum absolute atomic E-state index is 0. The number of anilines is 1. The highest BCUT2D eigenvalue weighted by atomic mass is 127. The average Bonchev–Trinajstić information content (AvgIpc) is 2.49. The largest absolute Gasteiger partial charge is 0.481 e. The van der Waals surface area contributed by atoms with Gasteiger partial charge in [-0.05, 0) is 43.2 Å². The number of aromatic nitrogens is 1. The minimum atomic E-state index is 0. The van der Waals surface area contributed by atoms with Crippen LogP contribution in [-0.2, 0) is 6.54 Å². The maximum absolute atomic E-state index is 5.91. The number of ether oxygens (including phenoxy) is 1. The van der Waals surface area contributed by atoms with Gasteiger partial charge < -0.3 is 15.8 Å². The Morgan fingerprint density at radius 1 is 1.27 bits per heavy atom. The van der Waals surface area contributed by atoms with Crippen LogP contribution >= 0.6 is 24.0 Å². The molecule has 0 fully saturated rings. The van der Waals surface area contributed by atoms with Crippen LogP contribution in [0.3, 0.4) is 0 Å². The first kappa shape index (κ1) is 18.2. The van der Waals surface area contributed by atoms with E-state index in [2.05, 4.69) is 35.2 Å². The number of aliphatic imine (C=N–C) groups is 1. The Morgan fingerprint density at radius 2 is 2.05 bits per heavy atom. The third-order valence-corrected chi connectivity index (χ3v) is 3.24. The summed E-state index contributed by atoms with van der Waals surface area (Å²) in [7, 11) is 1.59. The Kier molecular flexibility index (Phi) is 7.10. The van der Waals surface area contributed by atoms with E-state index in [9.17, 15) is 0 Å². The predicted octanol–water partition coefficient (Wildman–Crippen LogP) is 3.25. The van der Waals surface area contributed by atoms with Gasteiger partial charge in [0.25, 0.3) is 0 Å². The van der Waals surface area contributed by atoms with Gasteiger partial charge in [-0.3, -0.25) is 0 Å². The van der Waals surface area contributed by atoms with Crippen LogP contribution in [0.1, 0.15) is 16.7 Å². The van der Waals surface area contributed by atoms with Crippen molar-refractivity contribution in [1.29, 1.82) is 0 Å². The lowest BCUT2D eigenvalue weighted by atomic mass is 10.1. The third-order valence-electron chi connectivity index (χ3n) is 3.24. The van der Waals surface area contributed by atoms with Crippen LogP contribution in [0.4, 0.5) is 5.69 Å². The molecule has 2 aromatic rings. The van der Waals surface area contributed by atoms with Crippen molar-refractivity contribution < 1.29 is 4.74 Å². The highest BCUT2D eigenvalue weighted by molar-refractivity contribution is 14.0. The van der Waals surface area contributed by atoms with E-state index in [1.54, 1.807) is 13.3 Å². The first-order valence-corrected chi connectivity index (χ1v) is 6.72. The van der Waals surface area contributed by atoms with Gasteiger partial charge in [0.05, 0.1) is 13.7 Å². The number of nitrogens with one attached hydrogen (secondary N) is 1. The Labute approximate surface area is 148 Å². The van der Waals surface area contributed by atoms with Crippen LogP contribution in [0.2, 0.25) is 0 Å². The van der Waals surface area contributed by atoms with Gasteiger partial charge in [-0.2, -0.15) is 0 Å². The van der Waals surface area contributed by atoms with Crippen LogP contribution in [0.15, 0.2) is 41.5 Å². The zero-order valence-corrected chi connectivity index (χ0v) is 15.3. The van der Waals surface area contributed by atoms with Gasteiger partial charge in [-0.1, -0.05) is 12.1 Å². The number of halogens is 1. The summed E-state index contributed by atoms with van der Waals surface area (Å²) in [6, 6.07) is 9.84. The number of guanidine groups is 1. The summed E-state index contributed by atoms with van der Waals surface area (Å²) in [5.74, 6) is 0.935. The van der Waals surface area contributed by atoms with Gasteiger partial charge in [-0.25, -0.2) is 9.98 Å². The molecule has 1 aromatic heterocycles. The van der Waals surface area contributed by atoms with Gasteiger partial charge in [0.15, 0.2) is 5.96 Å². The first-order valence-electron chi connectivity index (χ1n) is 6.72. The standard InChI is InChI=1S/C16H20N4O.HI/c1-11-6-7-14(9-12(11)2)20-16(17)19-10-13-5-4-8-18-15(13)21-3;/h4-9H,10H2,1-3H3,(H3,17,19,20);1H. The van der Waals surface area contributed by atoms with E-state index < -0.39 is 0 Å². The highest BCUT2D eigenvalue weighted by Crippen LogP contribution is 2.15. The lowest BCUT2D eigenvalue weighted by molar-refractivity contribution is 0.392. The Hall–Kier alpha value is -1.83. The van der Waals surface area contributed by atoms with E-state index in [0.29, 0.717) is 18.4 Å². The molecule has 0 aliphatic carbocycles. The van der Waals surface area contributed by atoms with Crippen molar-refractivity contribution in [3.05, 3.63) is 53.2 Å². The van der Waals surface area contributed by atoms with Crippen LogP contribution < -0.4 is 15.8 Å². The predicted molar refractivity (Wildman–Crippen MR) is 101 cm³/mol. The van der Waals surface area contributed by atoms with E-state index >= 15 is 0 Å². The van der Waals surface area contributed by atoms with Crippen LogP contribution in [0, 0.1) is 13.8 Å². The number of pyridine rings is 1. The van der Waals surface area contributed by atoms with Crippen LogP contribution in [0.5, 0.6) is 5.88 Å². The number of methoxy groups -OCH3 is 1. The molecule has 5 nitrogen and oxygen atoms in total. The fourth-order valence-corrected chi connectivity index (χ4v) is 1.91. The van der Waals surface area contributed by atoms with Gasteiger partial charge in [0.2, 0.25) is 5.88 Å². The number of nitrogens with two attached hydrogens (primary N) is 1. The Bertz CT molecular complexity index is 658. The molecule has 0 unspecified atom stereocenters. The van der Waals surface area contributed by atoms with Crippen molar-refractivity contribution in [1.82, 2.24) is 4.98 Å². The minimum Gasteiger partial charge on any atom is -0.481 e. The normalized spacial score (nSPS) is 10.8. The molecule has 0 radical (unpaired) electrons. The second-order valence-electron chi connectivity index (χ2n) is 4.80. The second-order valence-corrected chi connectivity index (χ2v) is 4.80. The molecule has 0 amide bonds. The summed E-state index contributed by atoms with van der Waals surface area (Å²) in [4.78, 5) is 8.44. The summed E-state index contributed by atoms with van der Waals surface area (Å²) in [6.07, 6.45) is 1.68. The smallest absolute Gasteiger partial charge is 0.218 e. The SMILES string of the molecule is COc1ncccc1CN=C(N)Nc1ccc(C)c(C)c1.I. The average molecular weight is 412 g/mol. The zero-order valence-electron chi connectivity index (χ0n) is 13.0. The van der Waals surface area contributed by atoms with Gasteiger partial charge in [-0.15, -0.1) is 24.0 Å². The molecule has 0 spiro atoms. The number of hydrogen-bond donors (Lipinski definition) is 2. The number of nitrogens with zero attached hydrogens (tertiary/aromatic N) is 2. The lowest BCUT2D eigenvalue weighted by Gasteiger charge is -2.09. The van der Waals surface area contributed by atoms with Crippen molar-refractivity contribution in [2.45, 2.75) is 20.4 Å². The van der Waals surface area contributed by atoms with Crippen LogP contribution in [0.25, 0.3) is 0 Å². The van der Waals surface area contributed by atoms with Crippen molar-refractivity contribution in [2.24, 2.45) is 10.7 Å². The number of benzene rings is 1. The van der Waals surface area contributed by atoms with E-state index in [-0.39, 0.29) is 24.0 Å². The highest BCUT2D eigenvalue weighted by Gasteiger charge is 2.03. The molecule has 0 aliphatic rings. The molecule has 2 rings (SSSR count). The molecular formula is C16H21IN4O. The van der Waals surface area contributed by atoms with Gasteiger partial charge in [0.1, 0.15) is 0 Å². The first-order chi connectivity index (χ1) is 10.1. The maximum Gasteiger partial charge on any atom is 0.218 e. The topological polar surface area (TPSA) is 72.5 Å². The second kappa shape index (κ2) is 8.57. The molecule has 1 aromatic carbocycles. The quantitative estimate of drug-likeness (QED) is 0.460. The van der Waals surface area contributed by atoms with E-state index in [4.69, 9.17) is 10.5 Å². The molecule has 0 saturated carbocycles. The van der Waals surface area contributed by atoms with Crippen molar-refractivity contribution in [3.8, 4) is 5.88 Å². The van der Waals surface area contributed by atoms with E-state index in [1.165, 1.54) is 11.1 Å². The molecule has 0 atom stereocenters. The molecule has 0 aliphatic heterocycles. The van der Waals surface area contributed by atoms with Crippen molar-refractivity contribution >= 4 is 35.6 Å². The molecule has 118 valence electrons. The van der Waals surface area contributed by atoms with Gasteiger partial charge in [0, 0.05) is 17.4 Å². The molecule has 0 bridgehead atoms. The van der Waals surface area contributed by atoms with Crippen LogP contribution in [-0.4, -0.2) is 18.1 Å². The summed E-state index contributed by atoms with van der Waals surface area (Å²) >= 11 is 0.